The van der Waals surface area contributed by atoms with Crippen LogP contribution in [0.5, 0.6) is 0 Å². The highest BCUT2D eigenvalue weighted by Crippen LogP contribution is 2.25. The van der Waals surface area contributed by atoms with Gasteiger partial charge in [0.1, 0.15) is 0 Å². The van der Waals surface area contributed by atoms with Crippen molar-refractivity contribution in [1.29, 1.82) is 0 Å². The first-order chi connectivity index (χ1) is 7.59. The van der Waals surface area contributed by atoms with Crippen molar-refractivity contribution in [2.24, 2.45) is 20.0 Å². The van der Waals surface area contributed by atoms with Crippen molar-refractivity contribution in [2.75, 3.05) is 11.9 Å². The first-order valence-electron chi connectivity index (χ1n) is 5.48. The second-order valence-electron chi connectivity index (χ2n) is 4.30. The standard InChI is InChI=1S/C10H16N4O2/c1-13-9(15)8(12-14(2)10(13)16)11-6-7-4-3-5-7/h7H,3-6H2,1-2H3,(H,11,12). The SMILES string of the molecule is Cn1nc(NCC2CCC2)c(=O)n(C)c1=O. The molecule has 0 unspecified atom stereocenters. The van der Waals surface area contributed by atoms with Gasteiger partial charge in [-0.15, -0.1) is 5.10 Å². The molecule has 1 heterocycles. The number of nitrogens with zero attached hydrogens (tertiary/aromatic N) is 3. The summed E-state index contributed by atoms with van der Waals surface area (Å²) in [4.78, 5) is 23.1. The molecule has 6 heteroatoms. The topological polar surface area (TPSA) is 68.9 Å². The number of anilines is 1. The minimum atomic E-state index is -0.404. The fourth-order valence-corrected chi connectivity index (χ4v) is 1.75. The predicted molar refractivity (Wildman–Crippen MR) is 60.5 cm³/mol. The molecule has 0 radical (unpaired) electrons. The Balaban J connectivity index is 2.20. The van der Waals surface area contributed by atoms with Crippen LogP contribution in [0.2, 0.25) is 0 Å². The van der Waals surface area contributed by atoms with Crippen LogP contribution in [0, 0.1) is 5.92 Å². The fraction of sp³-hybridized carbons (Fsp3) is 0.700. The molecule has 88 valence electrons. The second-order valence-corrected chi connectivity index (χ2v) is 4.30. The summed E-state index contributed by atoms with van der Waals surface area (Å²) in [5.74, 6) is 0.903. The van der Waals surface area contributed by atoms with Crippen LogP contribution in [0.15, 0.2) is 9.59 Å². The molecule has 0 saturated heterocycles. The Kier molecular flexibility index (Phi) is 2.80. The normalized spacial score (nSPS) is 15.9. The summed E-state index contributed by atoms with van der Waals surface area (Å²) in [5, 5.41) is 6.94. The van der Waals surface area contributed by atoms with E-state index in [1.54, 1.807) is 0 Å². The molecule has 16 heavy (non-hydrogen) atoms. The van der Waals surface area contributed by atoms with Gasteiger partial charge in [-0.1, -0.05) is 6.42 Å². The minimum absolute atomic E-state index is 0.261. The minimum Gasteiger partial charge on any atom is -0.364 e. The average Bonchev–Trinajstić information content (AvgIpc) is 2.20. The molecule has 1 fully saturated rings. The zero-order chi connectivity index (χ0) is 11.7. The van der Waals surface area contributed by atoms with Crippen LogP contribution >= 0.6 is 0 Å². The Hall–Kier alpha value is -1.59. The number of hydrogen-bond donors (Lipinski definition) is 1. The van der Waals surface area contributed by atoms with Crippen LogP contribution in [0.3, 0.4) is 0 Å². The van der Waals surface area contributed by atoms with Crippen LogP contribution in [0.1, 0.15) is 19.3 Å². The van der Waals surface area contributed by atoms with Crippen LogP contribution in [0.25, 0.3) is 0 Å². The van der Waals surface area contributed by atoms with Gasteiger partial charge >= 0.3 is 5.69 Å². The molecule has 0 atom stereocenters. The van der Waals surface area contributed by atoms with Crippen LogP contribution in [-0.4, -0.2) is 20.9 Å². The van der Waals surface area contributed by atoms with Crippen LogP contribution in [0.4, 0.5) is 5.82 Å². The molecular weight excluding hydrogens is 208 g/mol. The molecule has 1 N–H and O–H groups in total. The second kappa shape index (κ2) is 4.11. The first kappa shape index (κ1) is 10.9. The van der Waals surface area contributed by atoms with Gasteiger partial charge in [-0.25, -0.2) is 9.48 Å². The van der Waals surface area contributed by atoms with E-state index in [1.807, 2.05) is 0 Å². The summed E-state index contributed by atoms with van der Waals surface area (Å²) in [7, 11) is 3.00. The summed E-state index contributed by atoms with van der Waals surface area (Å²) in [6, 6.07) is 0. The van der Waals surface area contributed by atoms with Crippen molar-refractivity contribution < 1.29 is 0 Å². The maximum absolute atomic E-state index is 11.7. The maximum Gasteiger partial charge on any atom is 0.346 e. The fourth-order valence-electron chi connectivity index (χ4n) is 1.75. The monoisotopic (exact) mass is 224 g/mol. The number of hydrogen-bond acceptors (Lipinski definition) is 4. The van der Waals surface area contributed by atoms with E-state index in [1.165, 1.54) is 38.0 Å². The van der Waals surface area contributed by atoms with Gasteiger partial charge in [-0.3, -0.25) is 9.36 Å². The lowest BCUT2D eigenvalue weighted by Crippen LogP contribution is -2.40. The van der Waals surface area contributed by atoms with Crippen LogP contribution < -0.4 is 16.6 Å². The van der Waals surface area contributed by atoms with Gasteiger partial charge in [0.05, 0.1) is 0 Å². The highest BCUT2D eigenvalue weighted by atomic mass is 16.2. The quantitative estimate of drug-likeness (QED) is 0.764. The molecule has 2 rings (SSSR count). The molecule has 1 aliphatic rings. The van der Waals surface area contributed by atoms with Crippen molar-refractivity contribution in [1.82, 2.24) is 14.3 Å². The van der Waals surface area contributed by atoms with Crippen LogP contribution in [-0.2, 0) is 14.1 Å². The largest absolute Gasteiger partial charge is 0.364 e. The summed E-state index contributed by atoms with van der Waals surface area (Å²) < 4.78 is 2.24. The zero-order valence-electron chi connectivity index (χ0n) is 9.56. The van der Waals surface area contributed by atoms with E-state index in [2.05, 4.69) is 10.4 Å². The van der Waals surface area contributed by atoms with E-state index in [-0.39, 0.29) is 11.4 Å². The number of aryl methyl sites for hydroxylation is 1. The molecule has 6 nitrogen and oxygen atoms in total. The lowest BCUT2D eigenvalue weighted by atomic mass is 9.85. The molecule has 1 aromatic heterocycles. The molecule has 0 amide bonds. The van der Waals surface area contributed by atoms with Crippen molar-refractivity contribution in [3.63, 3.8) is 0 Å². The molecule has 0 bridgehead atoms. The summed E-state index contributed by atoms with van der Waals surface area (Å²) >= 11 is 0. The summed E-state index contributed by atoms with van der Waals surface area (Å²) in [6.07, 6.45) is 3.68. The van der Waals surface area contributed by atoms with Gasteiger partial charge in [0, 0.05) is 20.6 Å². The van der Waals surface area contributed by atoms with Crippen molar-refractivity contribution >= 4 is 5.82 Å². The molecular formula is C10H16N4O2. The number of nitrogens with one attached hydrogen (secondary N) is 1. The van der Waals surface area contributed by atoms with Crippen molar-refractivity contribution in [2.45, 2.75) is 19.3 Å². The van der Waals surface area contributed by atoms with Gasteiger partial charge in [0.2, 0.25) is 5.82 Å². The van der Waals surface area contributed by atoms with Gasteiger partial charge in [0.15, 0.2) is 0 Å². The van der Waals surface area contributed by atoms with Gasteiger partial charge in [-0.2, -0.15) is 0 Å². The third-order valence-electron chi connectivity index (χ3n) is 3.10. The third-order valence-corrected chi connectivity index (χ3v) is 3.10. The van der Waals surface area contributed by atoms with Gasteiger partial charge in [0.25, 0.3) is 5.56 Å². The molecule has 0 aliphatic heterocycles. The molecule has 0 aromatic carbocycles. The van der Waals surface area contributed by atoms with Crippen molar-refractivity contribution in [3.8, 4) is 0 Å². The Morgan fingerprint density at radius 2 is 2.06 bits per heavy atom. The number of rotatable bonds is 3. The summed E-state index contributed by atoms with van der Waals surface area (Å²) in [6.45, 7) is 0.764. The lowest BCUT2D eigenvalue weighted by Gasteiger charge is -2.25. The maximum atomic E-state index is 11.7. The number of aromatic nitrogens is 3. The van der Waals surface area contributed by atoms with E-state index in [9.17, 15) is 9.59 Å². The van der Waals surface area contributed by atoms with E-state index < -0.39 is 5.69 Å². The van der Waals surface area contributed by atoms with E-state index >= 15 is 0 Å². The highest BCUT2D eigenvalue weighted by Gasteiger charge is 2.18. The lowest BCUT2D eigenvalue weighted by molar-refractivity contribution is 0.332. The van der Waals surface area contributed by atoms with E-state index in [0.29, 0.717) is 5.92 Å². The smallest absolute Gasteiger partial charge is 0.346 e. The Labute approximate surface area is 92.9 Å². The molecule has 0 spiro atoms. The molecule has 1 aromatic rings. The molecule has 1 aliphatic carbocycles. The average molecular weight is 224 g/mol. The first-order valence-corrected chi connectivity index (χ1v) is 5.48. The Morgan fingerprint density at radius 3 is 2.62 bits per heavy atom. The van der Waals surface area contributed by atoms with Crippen molar-refractivity contribution in [3.05, 3.63) is 20.8 Å². The predicted octanol–water partition coefficient (Wildman–Crippen LogP) is -0.309. The Morgan fingerprint density at radius 1 is 1.38 bits per heavy atom. The third kappa shape index (κ3) is 1.87. The van der Waals surface area contributed by atoms with Gasteiger partial charge < -0.3 is 5.32 Å². The van der Waals surface area contributed by atoms with E-state index in [4.69, 9.17) is 0 Å². The zero-order valence-corrected chi connectivity index (χ0v) is 9.56. The highest BCUT2D eigenvalue weighted by molar-refractivity contribution is 5.29. The molecule has 1 saturated carbocycles. The van der Waals surface area contributed by atoms with E-state index in [0.717, 1.165) is 11.1 Å². The summed E-state index contributed by atoms with van der Waals surface area (Å²) in [5.41, 5.74) is -0.762. The Bertz CT molecular complexity index is 499. The van der Waals surface area contributed by atoms with Gasteiger partial charge in [-0.05, 0) is 18.8 Å².